The van der Waals surface area contributed by atoms with Crippen LogP contribution in [0.2, 0.25) is 0 Å². The predicted octanol–water partition coefficient (Wildman–Crippen LogP) is 1.36. The molecule has 1 rings (SSSR count). The van der Waals surface area contributed by atoms with E-state index in [9.17, 15) is 14.3 Å². The molecule has 0 aliphatic rings. The Kier molecular flexibility index (Phi) is 5.03. The highest BCUT2D eigenvalue weighted by atomic mass is 19.1. The molecule has 1 unspecified atom stereocenters. The topological polar surface area (TPSA) is 62.2 Å². The molecule has 2 N–H and O–H groups in total. The van der Waals surface area contributed by atoms with Crippen LogP contribution in [-0.4, -0.2) is 28.6 Å². The van der Waals surface area contributed by atoms with Gasteiger partial charge >= 0.3 is 0 Å². The second kappa shape index (κ2) is 6.30. The number of aliphatic hydroxyl groups excluding tert-OH is 1. The molecule has 0 radical (unpaired) electrons. The summed E-state index contributed by atoms with van der Waals surface area (Å²) in [7, 11) is 0. The molecule has 17 heavy (non-hydrogen) atoms. The van der Waals surface area contributed by atoms with Gasteiger partial charge in [0.25, 0.3) is 5.91 Å². The quantitative estimate of drug-likeness (QED) is 0.764. The first-order valence-corrected chi connectivity index (χ1v) is 5.57. The van der Waals surface area contributed by atoms with E-state index >= 15 is 0 Å². The molecule has 0 spiro atoms. The van der Waals surface area contributed by atoms with Gasteiger partial charge in [-0.3, -0.25) is 4.79 Å². The van der Waals surface area contributed by atoms with Gasteiger partial charge in [-0.05, 0) is 24.5 Å². The Hall–Kier alpha value is -1.49. The third-order valence-electron chi connectivity index (χ3n) is 2.25. The Balaban J connectivity index is 2.48. The lowest BCUT2D eigenvalue weighted by Crippen LogP contribution is -2.33. The Labute approximate surface area is 99.9 Å². The number of nitrogens with zero attached hydrogens (tertiary/aromatic N) is 1. The van der Waals surface area contributed by atoms with E-state index in [0.717, 1.165) is 0 Å². The van der Waals surface area contributed by atoms with Gasteiger partial charge in [0.15, 0.2) is 0 Å². The minimum atomic E-state index is -0.802. The van der Waals surface area contributed by atoms with Gasteiger partial charge in [0, 0.05) is 12.7 Å². The average Bonchev–Trinajstić information content (AvgIpc) is 2.25. The molecule has 0 aliphatic heterocycles. The standard InChI is InChI=1S/C12H17FN2O2/c1-8(2)6-9(16)7-15-12(17)10-4-3-5-14-11(10)13/h3-5,8-9,16H,6-7H2,1-2H3,(H,15,17). The largest absolute Gasteiger partial charge is 0.391 e. The second-order valence-electron chi connectivity index (χ2n) is 4.34. The Morgan fingerprint density at radius 2 is 2.29 bits per heavy atom. The fourth-order valence-electron chi connectivity index (χ4n) is 1.49. The zero-order valence-corrected chi connectivity index (χ0v) is 9.98. The van der Waals surface area contributed by atoms with Crippen LogP contribution in [0.25, 0.3) is 0 Å². The Morgan fingerprint density at radius 3 is 2.88 bits per heavy atom. The van der Waals surface area contributed by atoms with E-state index in [2.05, 4.69) is 10.3 Å². The van der Waals surface area contributed by atoms with Gasteiger partial charge in [-0.15, -0.1) is 0 Å². The monoisotopic (exact) mass is 240 g/mol. The van der Waals surface area contributed by atoms with Crippen molar-refractivity contribution in [2.45, 2.75) is 26.4 Å². The molecule has 1 aromatic rings. The van der Waals surface area contributed by atoms with E-state index < -0.39 is 18.0 Å². The summed E-state index contributed by atoms with van der Waals surface area (Å²) in [6.45, 7) is 4.07. The lowest BCUT2D eigenvalue weighted by atomic mass is 10.1. The molecule has 0 aliphatic carbocycles. The summed E-state index contributed by atoms with van der Waals surface area (Å²) in [6, 6.07) is 2.84. The molecule has 1 amide bonds. The van der Waals surface area contributed by atoms with Gasteiger partial charge in [-0.1, -0.05) is 13.8 Å². The van der Waals surface area contributed by atoms with Crippen LogP contribution in [0.1, 0.15) is 30.6 Å². The molecular weight excluding hydrogens is 223 g/mol. The number of nitrogens with one attached hydrogen (secondary N) is 1. The third-order valence-corrected chi connectivity index (χ3v) is 2.25. The van der Waals surface area contributed by atoms with Crippen LogP contribution in [-0.2, 0) is 0 Å². The number of hydrogen-bond donors (Lipinski definition) is 2. The molecule has 0 bridgehead atoms. The molecule has 94 valence electrons. The van der Waals surface area contributed by atoms with Gasteiger partial charge < -0.3 is 10.4 Å². The van der Waals surface area contributed by atoms with Crippen molar-refractivity contribution in [1.82, 2.24) is 10.3 Å². The highest BCUT2D eigenvalue weighted by Crippen LogP contribution is 2.05. The minimum Gasteiger partial charge on any atom is -0.391 e. The lowest BCUT2D eigenvalue weighted by molar-refractivity contribution is 0.0895. The summed E-state index contributed by atoms with van der Waals surface area (Å²) in [4.78, 5) is 14.9. The van der Waals surface area contributed by atoms with Crippen molar-refractivity contribution in [2.24, 2.45) is 5.92 Å². The van der Waals surface area contributed by atoms with E-state index in [4.69, 9.17) is 0 Å². The van der Waals surface area contributed by atoms with E-state index in [-0.39, 0.29) is 12.1 Å². The Bertz CT molecular complexity index is 383. The van der Waals surface area contributed by atoms with Crippen molar-refractivity contribution < 1.29 is 14.3 Å². The van der Waals surface area contributed by atoms with E-state index in [1.807, 2.05) is 13.8 Å². The van der Waals surface area contributed by atoms with Gasteiger partial charge in [0.1, 0.15) is 0 Å². The zero-order chi connectivity index (χ0) is 12.8. The van der Waals surface area contributed by atoms with E-state index in [0.29, 0.717) is 12.3 Å². The van der Waals surface area contributed by atoms with Crippen molar-refractivity contribution >= 4 is 5.91 Å². The van der Waals surface area contributed by atoms with Gasteiger partial charge in [-0.25, -0.2) is 4.98 Å². The number of aliphatic hydroxyl groups is 1. The van der Waals surface area contributed by atoms with Crippen LogP contribution in [0, 0.1) is 11.9 Å². The molecule has 1 atom stereocenters. The van der Waals surface area contributed by atoms with Gasteiger partial charge in [-0.2, -0.15) is 4.39 Å². The van der Waals surface area contributed by atoms with Crippen molar-refractivity contribution in [3.63, 3.8) is 0 Å². The van der Waals surface area contributed by atoms with Crippen LogP contribution >= 0.6 is 0 Å². The number of carbonyl (C=O) groups excluding carboxylic acids is 1. The third kappa shape index (κ3) is 4.48. The number of pyridine rings is 1. The fourth-order valence-corrected chi connectivity index (χ4v) is 1.49. The summed E-state index contributed by atoms with van der Waals surface area (Å²) in [5.74, 6) is -1.02. The molecule has 0 saturated heterocycles. The highest BCUT2D eigenvalue weighted by molar-refractivity contribution is 5.94. The molecule has 1 heterocycles. The van der Waals surface area contributed by atoms with Crippen LogP contribution in [0.5, 0.6) is 0 Å². The number of aromatic nitrogens is 1. The first-order chi connectivity index (χ1) is 8.00. The Morgan fingerprint density at radius 1 is 1.59 bits per heavy atom. The predicted molar refractivity (Wildman–Crippen MR) is 62.0 cm³/mol. The van der Waals surface area contributed by atoms with Gasteiger partial charge in [0.05, 0.1) is 11.7 Å². The number of carbonyl (C=O) groups is 1. The zero-order valence-electron chi connectivity index (χ0n) is 9.98. The summed E-state index contributed by atoms with van der Waals surface area (Å²) in [6.07, 6.45) is 1.26. The van der Waals surface area contributed by atoms with Crippen molar-refractivity contribution in [1.29, 1.82) is 0 Å². The lowest BCUT2D eigenvalue weighted by Gasteiger charge is -2.13. The first kappa shape index (κ1) is 13.6. The first-order valence-electron chi connectivity index (χ1n) is 5.57. The molecule has 5 heteroatoms. The van der Waals surface area contributed by atoms with Crippen LogP contribution < -0.4 is 5.32 Å². The summed E-state index contributed by atoms with van der Waals surface area (Å²) in [5, 5.41) is 12.0. The summed E-state index contributed by atoms with van der Waals surface area (Å²) in [5.41, 5.74) is -0.107. The fraction of sp³-hybridized carbons (Fsp3) is 0.500. The molecule has 4 nitrogen and oxygen atoms in total. The van der Waals surface area contributed by atoms with Crippen molar-refractivity contribution in [3.8, 4) is 0 Å². The second-order valence-corrected chi connectivity index (χ2v) is 4.34. The van der Waals surface area contributed by atoms with Crippen molar-refractivity contribution in [2.75, 3.05) is 6.54 Å². The maximum atomic E-state index is 13.1. The van der Waals surface area contributed by atoms with Crippen LogP contribution in [0.4, 0.5) is 4.39 Å². The molecular formula is C12H17FN2O2. The molecule has 0 fully saturated rings. The molecule has 0 saturated carbocycles. The number of halogens is 1. The maximum absolute atomic E-state index is 13.1. The minimum absolute atomic E-state index is 0.107. The number of amides is 1. The van der Waals surface area contributed by atoms with E-state index in [1.165, 1.54) is 18.3 Å². The molecule has 1 aromatic heterocycles. The maximum Gasteiger partial charge on any atom is 0.256 e. The van der Waals surface area contributed by atoms with E-state index in [1.54, 1.807) is 0 Å². The van der Waals surface area contributed by atoms with Crippen LogP contribution in [0.3, 0.4) is 0 Å². The smallest absolute Gasteiger partial charge is 0.256 e. The number of rotatable bonds is 5. The normalized spacial score (nSPS) is 12.5. The molecule has 0 aromatic carbocycles. The van der Waals surface area contributed by atoms with Crippen molar-refractivity contribution in [3.05, 3.63) is 29.8 Å². The number of hydrogen-bond acceptors (Lipinski definition) is 3. The summed E-state index contributed by atoms with van der Waals surface area (Å²) >= 11 is 0. The average molecular weight is 240 g/mol. The highest BCUT2D eigenvalue weighted by Gasteiger charge is 2.13. The van der Waals surface area contributed by atoms with Crippen LogP contribution in [0.15, 0.2) is 18.3 Å². The summed E-state index contributed by atoms with van der Waals surface area (Å²) < 4.78 is 13.1. The SMILES string of the molecule is CC(C)CC(O)CNC(=O)c1cccnc1F. The van der Waals surface area contributed by atoms with Gasteiger partial charge in [0.2, 0.25) is 5.95 Å².